The largest absolute Gasteiger partial charge is 0.378 e. The monoisotopic (exact) mass is 369 g/mol. The minimum atomic E-state index is 0.278. The molecular weight excluding hydrogens is 346 g/mol. The number of rotatable bonds is 3. The third kappa shape index (κ3) is 2.92. The molecule has 0 saturated carbocycles. The number of H-pyrrole nitrogens is 1. The molecule has 5 heterocycles. The second-order valence-electron chi connectivity index (χ2n) is 6.95. The fraction of sp³-hybridized carbons (Fsp3) is 0.500. The van der Waals surface area contributed by atoms with Gasteiger partial charge >= 0.3 is 0 Å². The van der Waals surface area contributed by atoms with Crippen molar-refractivity contribution in [3.8, 4) is 11.5 Å². The standard InChI is InChI=1S/C18H23N7O2/c1-13-12-27-9-6-24(13)17-10-15(23-4-7-26-8-5-23)16-11-19-18(25(16)22-17)14-2-3-20-21-14/h2-3,10-11,13H,4-9,12H2,1H3,(H,20,21). The fourth-order valence-corrected chi connectivity index (χ4v) is 3.78. The SMILES string of the molecule is CC1COCCN1c1cc(N2CCOCC2)c2cnc(-c3ccn[nH]3)n2n1. The van der Waals surface area contributed by atoms with Crippen LogP contribution in [0, 0.1) is 0 Å². The molecule has 0 amide bonds. The Morgan fingerprint density at radius 3 is 2.78 bits per heavy atom. The molecule has 1 atom stereocenters. The molecule has 2 aliphatic heterocycles. The second kappa shape index (κ2) is 6.82. The number of hydrogen-bond acceptors (Lipinski definition) is 7. The third-order valence-electron chi connectivity index (χ3n) is 5.22. The number of hydrogen-bond donors (Lipinski definition) is 1. The van der Waals surface area contributed by atoms with Gasteiger partial charge in [-0.2, -0.15) is 5.10 Å². The average Bonchev–Trinajstić information content (AvgIpc) is 3.38. The Kier molecular flexibility index (Phi) is 4.17. The summed E-state index contributed by atoms with van der Waals surface area (Å²) in [6, 6.07) is 4.37. The van der Waals surface area contributed by atoms with Gasteiger partial charge in [0.2, 0.25) is 0 Å². The van der Waals surface area contributed by atoms with Gasteiger partial charge in [0.15, 0.2) is 11.6 Å². The molecule has 2 saturated heterocycles. The molecule has 3 aromatic heterocycles. The fourth-order valence-electron chi connectivity index (χ4n) is 3.78. The molecule has 142 valence electrons. The molecule has 0 aliphatic carbocycles. The molecule has 0 radical (unpaired) electrons. The third-order valence-corrected chi connectivity index (χ3v) is 5.22. The lowest BCUT2D eigenvalue weighted by Crippen LogP contribution is -2.44. The molecule has 27 heavy (non-hydrogen) atoms. The summed E-state index contributed by atoms with van der Waals surface area (Å²) in [6.45, 7) is 7.63. The van der Waals surface area contributed by atoms with Crippen molar-refractivity contribution >= 4 is 17.0 Å². The maximum atomic E-state index is 5.61. The minimum absolute atomic E-state index is 0.278. The molecule has 1 unspecified atom stereocenters. The quantitative estimate of drug-likeness (QED) is 0.742. The zero-order valence-electron chi connectivity index (χ0n) is 15.3. The number of ether oxygens (including phenoxy) is 2. The summed E-state index contributed by atoms with van der Waals surface area (Å²) in [5.74, 6) is 1.71. The van der Waals surface area contributed by atoms with E-state index in [0.29, 0.717) is 13.2 Å². The highest BCUT2D eigenvalue weighted by Gasteiger charge is 2.25. The van der Waals surface area contributed by atoms with Gasteiger partial charge in [-0.1, -0.05) is 0 Å². The smallest absolute Gasteiger partial charge is 0.179 e. The number of aromatic amines is 1. The Morgan fingerprint density at radius 2 is 2.00 bits per heavy atom. The highest BCUT2D eigenvalue weighted by Crippen LogP contribution is 2.30. The van der Waals surface area contributed by atoms with Gasteiger partial charge < -0.3 is 19.3 Å². The number of nitrogens with zero attached hydrogens (tertiary/aromatic N) is 6. The van der Waals surface area contributed by atoms with Crippen molar-refractivity contribution < 1.29 is 9.47 Å². The van der Waals surface area contributed by atoms with E-state index in [9.17, 15) is 0 Å². The van der Waals surface area contributed by atoms with Crippen LogP contribution < -0.4 is 9.80 Å². The van der Waals surface area contributed by atoms with Crippen LogP contribution >= 0.6 is 0 Å². The lowest BCUT2D eigenvalue weighted by atomic mass is 10.2. The molecule has 9 nitrogen and oxygen atoms in total. The lowest BCUT2D eigenvalue weighted by Gasteiger charge is -2.35. The predicted molar refractivity (Wildman–Crippen MR) is 101 cm³/mol. The topological polar surface area (TPSA) is 83.8 Å². The number of nitrogens with one attached hydrogen (secondary N) is 1. The minimum Gasteiger partial charge on any atom is -0.378 e. The average molecular weight is 369 g/mol. The maximum absolute atomic E-state index is 5.61. The van der Waals surface area contributed by atoms with E-state index in [1.54, 1.807) is 6.20 Å². The van der Waals surface area contributed by atoms with Crippen molar-refractivity contribution in [3.05, 3.63) is 24.5 Å². The Bertz CT molecular complexity index is 917. The summed E-state index contributed by atoms with van der Waals surface area (Å²) < 4.78 is 13.1. The van der Waals surface area contributed by atoms with Gasteiger partial charge in [-0.15, -0.1) is 5.10 Å². The van der Waals surface area contributed by atoms with Crippen LogP contribution in [0.4, 0.5) is 11.5 Å². The molecule has 3 aromatic rings. The van der Waals surface area contributed by atoms with Crippen molar-refractivity contribution in [1.82, 2.24) is 24.8 Å². The van der Waals surface area contributed by atoms with Crippen LogP contribution in [0.3, 0.4) is 0 Å². The predicted octanol–water partition coefficient (Wildman–Crippen LogP) is 1.18. The van der Waals surface area contributed by atoms with E-state index in [1.165, 1.54) is 0 Å². The highest BCUT2D eigenvalue weighted by molar-refractivity contribution is 5.77. The number of aromatic nitrogens is 5. The van der Waals surface area contributed by atoms with Crippen LogP contribution in [-0.4, -0.2) is 76.9 Å². The normalized spacial score (nSPS) is 21.1. The van der Waals surface area contributed by atoms with Gasteiger partial charge in [0.1, 0.15) is 11.2 Å². The molecular formula is C18H23N7O2. The Hall–Kier alpha value is -2.65. The second-order valence-corrected chi connectivity index (χ2v) is 6.95. The zero-order valence-corrected chi connectivity index (χ0v) is 15.3. The van der Waals surface area contributed by atoms with Gasteiger partial charge in [0, 0.05) is 31.9 Å². The van der Waals surface area contributed by atoms with E-state index in [1.807, 2.05) is 16.8 Å². The number of imidazole rings is 1. The van der Waals surface area contributed by atoms with Crippen LogP contribution in [0.25, 0.3) is 17.0 Å². The first-order valence-corrected chi connectivity index (χ1v) is 9.37. The van der Waals surface area contributed by atoms with Crippen molar-refractivity contribution in [3.63, 3.8) is 0 Å². The van der Waals surface area contributed by atoms with Crippen LogP contribution in [-0.2, 0) is 9.47 Å². The summed E-state index contributed by atoms with van der Waals surface area (Å²) in [6.07, 6.45) is 3.62. The van der Waals surface area contributed by atoms with Gasteiger partial charge in [-0.05, 0) is 13.0 Å². The number of morpholine rings is 2. The Morgan fingerprint density at radius 1 is 1.15 bits per heavy atom. The maximum Gasteiger partial charge on any atom is 0.179 e. The van der Waals surface area contributed by atoms with Crippen LogP contribution in [0.1, 0.15) is 6.92 Å². The van der Waals surface area contributed by atoms with Crippen molar-refractivity contribution in [1.29, 1.82) is 0 Å². The van der Waals surface area contributed by atoms with Crippen molar-refractivity contribution in [2.75, 3.05) is 55.9 Å². The summed E-state index contributed by atoms with van der Waals surface area (Å²) in [5, 5.41) is 12.0. The zero-order chi connectivity index (χ0) is 18.2. The Labute approximate surface area is 156 Å². The van der Waals surface area contributed by atoms with Crippen molar-refractivity contribution in [2.45, 2.75) is 13.0 Å². The molecule has 2 aliphatic rings. The van der Waals surface area contributed by atoms with E-state index in [-0.39, 0.29) is 6.04 Å². The van der Waals surface area contributed by atoms with Crippen LogP contribution in [0.5, 0.6) is 0 Å². The first kappa shape index (κ1) is 16.5. The van der Waals surface area contributed by atoms with Gasteiger partial charge in [-0.3, -0.25) is 5.10 Å². The Balaban J connectivity index is 1.67. The van der Waals surface area contributed by atoms with E-state index in [4.69, 9.17) is 14.6 Å². The molecule has 0 bridgehead atoms. The molecule has 5 rings (SSSR count). The van der Waals surface area contributed by atoms with Crippen LogP contribution in [0.2, 0.25) is 0 Å². The summed E-state index contributed by atoms with van der Waals surface area (Å²) in [5.41, 5.74) is 2.98. The molecule has 9 heteroatoms. The van der Waals surface area contributed by atoms with E-state index in [2.05, 4.69) is 38.0 Å². The van der Waals surface area contributed by atoms with E-state index in [0.717, 1.165) is 61.4 Å². The first-order valence-electron chi connectivity index (χ1n) is 9.37. The van der Waals surface area contributed by atoms with Gasteiger partial charge in [-0.25, -0.2) is 9.50 Å². The van der Waals surface area contributed by atoms with Gasteiger partial charge in [0.25, 0.3) is 0 Å². The van der Waals surface area contributed by atoms with Crippen LogP contribution in [0.15, 0.2) is 24.5 Å². The number of fused-ring (bicyclic) bond motifs is 1. The summed E-state index contributed by atoms with van der Waals surface area (Å²) in [7, 11) is 0. The summed E-state index contributed by atoms with van der Waals surface area (Å²) >= 11 is 0. The first-order chi connectivity index (χ1) is 13.3. The summed E-state index contributed by atoms with van der Waals surface area (Å²) in [4.78, 5) is 9.29. The molecule has 1 N–H and O–H groups in total. The molecule has 0 aromatic carbocycles. The van der Waals surface area contributed by atoms with Crippen molar-refractivity contribution in [2.24, 2.45) is 0 Å². The lowest BCUT2D eigenvalue weighted by molar-refractivity contribution is 0.0984. The number of anilines is 2. The molecule has 2 fully saturated rings. The molecule has 0 spiro atoms. The highest BCUT2D eigenvalue weighted by atomic mass is 16.5. The van der Waals surface area contributed by atoms with E-state index < -0.39 is 0 Å². The van der Waals surface area contributed by atoms with Gasteiger partial charge in [0.05, 0.1) is 44.4 Å². The van der Waals surface area contributed by atoms with E-state index >= 15 is 0 Å².